The Morgan fingerprint density at radius 2 is 1.81 bits per heavy atom. The fourth-order valence-electron chi connectivity index (χ4n) is 4.37. The van der Waals surface area contributed by atoms with Crippen LogP contribution in [0.5, 0.6) is 11.5 Å². The van der Waals surface area contributed by atoms with E-state index in [1.54, 1.807) is 31.2 Å². The number of aromatic nitrogens is 2. The normalized spacial score (nSPS) is 15.8. The van der Waals surface area contributed by atoms with Crippen molar-refractivity contribution in [3.05, 3.63) is 68.6 Å². The number of amides is 1. The second-order valence-corrected chi connectivity index (χ2v) is 9.74. The molecular weight excluding hydrogens is 531 g/mol. The van der Waals surface area contributed by atoms with E-state index < -0.39 is 24.3 Å². The van der Waals surface area contributed by atoms with E-state index in [1.165, 1.54) is 23.1 Å². The zero-order valence-electron chi connectivity index (χ0n) is 19.1. The Morgan fingerprint density at radius 3 is 2.51 bits per heavy atom. The molecule has 0 bridgehead atoms. The highest BCUT2D eigenvalue weighted by molar-refractivity contribution is 6.35. The average Bonchev–Trinajstić information content (AvgIpc) is 3.47. The summed E-state index contributed by atoms with van der Waals surface area (Å²) in [7, 11) is 0. The molecule has 3 heterocycles. The van der Waals surface area contributed by atoms with E-state index in [-0.39, 0.29) is 28.5 Å². The Bertz CT molecular complexity index is 1630. The third kappa shape index (κ3) is 4.40. The molecule has 2 aromatic heterocycles. The Hall–Kier alpha value is -3.63. The van der Waals surface area contributed by atoms with Gasteiger partial charge in [-0.25, -0.2) is 4.68 Å². The van der Waals surface area contributed by atoms with Crippen LogP contribution in [0.25, 0.3) is 22.2 Å². The molecule has 0 spiro atoms. The average molecular weight is 548 g/mol. The molecule has 1 amide bonds. The van der Waals surface area contributed by atoms with Crippen molar-refractivity contribution in [1.82, 2.24) is 9.78 Å². The zero-order chi connectivity index (χ0) is 26.1. The number of anilines is 1. The Kier molecular flexibility index (Phi) is 5.43. The maximum absolute atomic E-state index is 13.5. The van der Waals surface area contributed by atoms with Crippen LogP contribution in [0.3, 0.4) is 0 Å². The first-order chi connectivity index (χ1) is 17.6. The number of alkyl halides is 2. The molecule has 1 fully saturated rings. The first-order valence-electron chi connectivity index (χ1n) is 11.3. The molecule has 190 valence electrons. The number of aryl methyl sites for hydroxylation is 1. The largest absolute Gasteiger partial charge is 0.586 e. The van der Waals surface area contributed by atoms with Crippen molar-refractivity contribution in [2.24, 2.45) is 0 Å². The molecule has 1 aliphatic carbocycles. The number of halogens is 4. The number of carbonyl (C=O) groups is 1. The third-order valence-electron chi connectivity index (χ3n) is 6.02. The highest BCUT2D eigenvalue weighted by Gasteiger charge is 2.44. The number of fused-ring (bicyclic) bond motifs is 2. The number of rotatable bonds is 5. The number of ether oxygens (including phenoxy) is 2. The molecule has 1 saturated carbocycles. The van der Waals surface area contributed by atoms with Gasteiger partial charge in [-0.05, 0) is 56.2 Å². The number of hydrogen-bond acceptors (Lipinski definition) is 6. The lowest BCUT2D eigenvalue weighted by Crippen LogP contribution is -2.39. The van der Waals surface area contributed by atoms with Gasteiger partial charge in [-0.3, -0.25) is 9.59 Å². The van der Waals surface area contributed by atoms with Crippen LogP contribution in [0.2, 0.25) is 10.0 Å². The minimum Gasteiger partial charge on any atom is -0.459 e. The highest BCUT2D eigenvalue weighted by Crippen LogP contribution is 2.44. The first kappa shape index (κ1) is 23.7. The van der Waals surface area contributed by atoms with Gasteiger partial charge in [0.05, 0.1) is 5.39 Å². The lowest BCUT2D eigenvalue weighted by atomic mass is 10.1. The maximum Gasteiger partial charge on any atom is 0.586 e. The highest BCUT2D eigenvalue weighted by atomic mass is 35.5. The molecule has 0 saturated heterocycles. The predicted molar refractivity (Wildman–Crippen MR) is 132 cm³/mol. The first-order valence-corrected chi connectivity index (χ1v) is 12.0. The van der Waals surface area contributed by atoms with Gasteiger partial charge >= 0.3 is 6.29 Å². The van der Waals surface area contributed by atoms with Crippen molar-refractivity contribution in [3.8, 4) is 22.8 Å². The van der Waals surface area contributed by atoms with Crippen molar-refractivity contribution in [2.75, 3.05) is 4.90 Å². The summed E-state index contributed by atoms with van der Waals surface area (Å²) in [6, 6.07) is 10.4. The standard InChI is InChI=1S/C25H17Cl2F2N3O5/c1-12-6-18-23(35-12)22(13-7-14(26)9-15(27)8-13)30-31(24(18)34)11-21(33)32(16-2-3-16)17-4-5-19-20(10-17)37-25(28,29)36-19/h4-10,16H,2-3,11H2,1H3. The van der Waals surface area contributed by atoms with Gasteiger partial charge in [0.25, 0.3) is 5.56 Å². The number of hydrogen-bond donors (Lipinski definition) is 0. The van der Waals surface area contributed by atoms with Crippen LogP contribution in [-0.2, 0) is 11.3 Å². The molecule has 0 unspecified atom stereocenters. The molecule has 6 rings (SSSR count). The van der Waals surface area contributed by atoms with E-state index in [2.05, 4.69) is 14.6 Å². The molecule has 2 aliphatic rings. The minimum absolute atomic E-state index is 0.125. The molecule has 4 aromatic rings. The van der Waals surface area contributed by atoms with Crippen LogP contribution in [0.15, 0.2) is 51.7 Å². The summed E-state index contributed by atoms with van der Waals surface area (Å²) in [6.07, 6.45) is -2.32. The minimum atomic E-state index is -3.77. The molecule has 12 heteroatoms. The van der Waals surface area contributed by atoms with E-state index in [1.807, 2.05) is 0 Å². The summed E-state index contributed by atoms with van der Waals surface area (Å²) in [5.74, 6) is -0.256. The second kappa shape index (κ2) is 8.46. The smallest absolute Gasteiger partial charge is 0.459 e. The molecule has 0 atom stereocenters. The van der Waals surface area contributed by atoms with Crippen LogP contribution in [0.1, 0.15) is 18.6 Å². The topological polar surface area (TPSA) is 86.8 Å². The number of furan rings is 1. The second-order valence-electron chi connectivity index (χ2n) is 8.86. The van der Waals surface area contributed by atoms with Gasteiger partial charge in [-0.2, -0.15) is 5.10 Å². The molecule has 1 aliphatic heterocycles. The van der Waals surface area contributed by atoms with Gasteiger partial charge in [0, 0.05) is 33.4 Å². The number of carbonyl (C=O) groups excluding carboxylic acids is 1. The Morgan fingerprint density at radius 1 is 1.11 bits per heavy atom. The summed E-state index contributed by atoms with van der Waals surface area (Å²) in [4.78, 5) is 28.2. The summed E-state index contributed by atoms with van der Waals surface area (Å²) in [5.41, 5.74) is 0.887. The maximum atomic E-state index is 13.5. The molecule has 8 nitrogen and oxygen atoms in total. The van der Waals surface area contributed by atoms with E-state index in [0.29, 0.717) is 32.8 Å². The van der Waals surface area contributed by atoms with Gasteiger partial charge in [-0.15, -0.1) is 8.78 Å². The lowest BCUT2D eigenvalue weighted by Gasteiger charge is -2.23. The Balaban J connectivity index is 1.40. The predicted octanol–water partition coefficient (Wildman–Crippen LogP) is 5.79. The van der Waals surface area contributed by atoms with Crippen molar-refractivity contribution in [3.63, 3.8) is 0 Å². The quantitative estimate of drug-likeness (QED) is 0.314. The zero-order valence-corrected chi connectivity index (χ0v) is 20.6. The SMILES string of the molecule is Cc1cc2c(=O)n(CC(=O)N(c3ccc4c(c3)OC(F)(F)O4)C3CC3)nc(-c3cc(Cl)cc(Cl)c3)c2o1. The van der Waals surface area contributed by atoms with E-state index in [9.17, 15) is 18.4 Å². The fourth-order valence-corrected chi connectivity index (χ4v) is 4.90. The van der Waals surface area contributed by atoms with E-state index >= 15 is 0 Å². The van der Waals surface area contributed by atoms with Crippen molar-refractivity contribution in [2.45, 2.75) is 38.6 Å². The molecule has 37 heavy (non-hydrogen) atoms. The summed E-state index contributed by atoms with van der Waals surface area (Å²) >= 11 is 12.4. The van der Waals surface area contributed by atoms with Crippen LogP contribution < -0.4 is 19.9 Å². The van der Waals surface area contributed by atoms with Crippen molar-refractivity contribution < 1.29 is 27.5 Å². The van der Waals surface area contributed by atoms with E-state index in [4.69, 9.17) is 27.6 Å². The number of benzene rings is 2. The van der Waals surface area contributed by atoms with Crippen LogP contribution >= 0.6 is 23.2 Å². The molecular formula is C25H17Cl2F2N3O5. The summed E-state index contributed by atoms with van der Waals surface area (Å²) in [5, 5.41) is 5.41. The van der Waals surface area contributed by atoms with Crippen LogP contribution in [0.4, 0.5) is 14.5 Å². The third-order valence-corrected chi connectivity index (χ3v) is 6.46. The van der Waals surface area contributed by atoms with Gasteiger partial charge in [-0.1, -0.05) is 23.2 Å². The summed E-state index contributed by atoms with van der Waals surface area (Å²) < 4.78 is 42.8. The molecule has 0 N–H and O–H groups in total. The Labute approximate surface area is 217 Å². The van der Waals surface area contributed by atoms with Gasteiger partial charge < -0.3 is 18.8 Å². The van der Waals surface area contributed by atoms with Crippen molar-refractivity contribution in [1.29, 1.82) is 0 Å². The van der Waals surface area contributed by atoms with Gasteiger partial charge in [0.15, 0.2) is 17.1 Å². The van der Waals surface area contributed by atoms with Crippen LogP contribution in [0, 0.1) is 6.92 Å². The summed E-state index contributed by atoms with van der Waals surface area (Å²) in [6.45, 7) is 1.29. The fraction of sp³-hybridized carbons (Fsp3) is 0.240. The van der Waals surface area contributed by atoms with E-state index in [0.717, 1.165) is 17.5 Å². The van der Waals surface area contributed by atoms with Gasteiger partial charge in [0.1, 0.15) is 18.0 Å². The monoisotopic (exact) mass is 547 g/mol. The lowest BCUT2D eigenvalue weighted by molar-refractivity contribution is -0.286. The van der Waals surface area contributed by atoms with Crippen molar-refractivity contribution >= 4 is 45.8 Å². The molecule has 0 radical (unpaired) electrons. The van der Waals surface area contributed by atoms with Crippen LogP contribution in [-0.4, -0.2) is 28.0 Å². The number of nitrogens with zero attached hydrogens (tertiary/aromatic N) is 3. The molecule has 2 aromatic carbocycles. The van der Waals surface area contributed by atoms with Gasteiger partial charge in [0.2, 0.25) is 5.91 Å².